The molecule has 1 aliphatic rings. The average Bonchev–Trinajstić information content (AvgIpc) is 2.76. The molecule has 0 heterocycles. The van der Waals surface area contributed by atoms with E-state index in [2.05, 4.69) is 90.1 Å². The standard InChI is InChI=1S/C21H28.C2H6/c1-16-10-12-19(13-11-16)21(5,6)18-9-7-8-17(14-15-18)20(2,3)4;1-2/h7-8,10-15H,9H2,1-6H3;1-2H3. The highest BCUT2D eigenvalue weighted by molar-refractivity contribution is 5.42. The molecule has 0 atom stereocenters. The van der Waals surface area contributed by atoms with Crippen LogP contribution in [0, 0.1) is 12.3 Å². The number of hydrogen-bond donors (Lipinski definition) is 0. The Hall–Kier alpha value is -1.56. The van der Waals surface area contributed by atoms with Gasteiger partial charge in [-0.05, 0) is 29.9 Å². The van der Waals surface area contributed by atoms with Gasteiger partial charge in [0.25, 0.3) is 0 Å². The molecule has 0 aromatic heterocycles. The van der Waals surface area contributed by atoms with Gasteiger partial charge in [0, 0.05) is 5.41 Å². The Morgan fingerprint density at radius 2 is 1.39 bits per heavy atom. The number of aryl methyl sites for hydroxylation is 1. The molecule has 0 saturated carbocycles. The minimum absolute atomic E-state index is 0.0713. The monoisotopic (exact) mass is 310 g/mol. The van der Waals surface area contributed by atoms with Crippen molar-refractivity contribution in [1.29, 1.82) is 0 Å². The van der Waals surface area contributed by atoms with E-state index in [9.17, 15) is 0 Å². The quantitative estimate of drug-likeness (QED) is 0.543. The van der Waals surface area contributed by atoms with Crippen molar-refractivity contribution >= 4 is 0 Å². The van der Waals surface area contributed by atoms with Gasteiger partial charge in [0.2, 0.25) is 0 Å². The van der Waals surface area contributed by atoms with E-state index in [-0.39, 0.29) is 10.8 Å². The van der Waals surface area contributed by atoms with E-state index in [4.69, 9.17) is 0 Å². The minimum atomic E-state index is 0.0713. The molecule has 0 amide bonds. The smallest absolute Gasteiger partial charge is 0.0111 e. The molecule has 2 rings (SSSR count). The molecule has 0 N–H and O–H groups in total. The van der Waals surface area contributed by atoms with Crippen LogP contribution >= 0.6 is 0 Å². The topological polar surface area (TPSA) is 0 Å². The van der Waals surface area contributed by atoms with E-state index in [0.717, 1.165) is 6.42 Å². The van der Waals surface area contributed by atoms with E-state index < -0.39 is 0 Å². The third-order valence-corrected chi connectivity index (χ3v) is 4.54. The lowest BCUT2D eigenvalue weighted by atomic mass is 9.76. The molecule has 0 nitrogen and oxygen atoms in total. The van der Waals surface area contributed by atoms with E-state index >= 15 is 0 Å². The maximum absolute atomic E-state index is 2.33. The largest absolute Gasteiger partial charge is 0.0801 e. The van der Waals surface area contributed by atoms with E-state index in [1.54, 1.807) is 0 Å². The Balaban J connectivity index is 0.00000127. The summed E-state index contributed by atoms with van der Waals surface area (Å²) >= 11 is 0. The summed E-state index contributed by atoms with van der Waals surface area (Å²) in [5, 5.41) is 0. The lowest BCUT2D eigenvalue weighted by Crippen LogP contribution is -2.20. The van der Waals surface area contributed by atoms with E-state index in [1.807, 2.05) is 13.8 Å². The summed E-state index contributed by atoms with van der Waals surface area (Å²) in [6.07, 6.45) is 10.3. The first kappa shape index (κ1) is 19.5. The predicted octanol–water partition coefficient (Wildman–Crippen LogP) is 7.16. The third-order valence-electron chi connectivity index (χ3n) is 4.54. The molecule has 126 valence electrons. The van der Waals surface area contributed by atoms with Crippen molar-refractivity contribution in [2.24, 2.45) is 5.41 Å². The van der Waals surface area contributed by atoms with Crippen molar-refractivity contribution in [1.82, 2.24) is 0 Å². The zero-order valence-corrected chi connectivity index (χ0v) is 16.3. The molecular formula is C23H34. The van der Waals surface area contributed by atoms with Crippen LogP contribution in [0.25, 0.3) is 0 Å². The molecule has 1 aromatic rings. The van der Waals surface area contributed by atoms with Crippen LogP contribution in [0.2, 0.25) is 0 Å². The van der Waals surface area contributed by atoms with Crippen LogP contribution in [-0.4, -0.2) is 0 Å². The molecule has 0 radical (unpaired) electrons. The van der Waals surface area contributed by atoms with Crippen LogP contribution in [0.4, 0.5) is 0 Å². The van der Waals surface area contributed by atoms with Gasteiger partial charge < -0.3 is 0 Å². The Bertz CT molecular complexity index is 584. The molecule has 1 aliphatic carbocycles. The van der Waals surface area contributed by atoms with Crippen LogP contribution in [-0.2, 0) is 5.41 Å². The molecule has 0 heteroatoms. The fourth-order valence-corrected chi connectivity index (χ4v) is 2.75. The van der Waals surface area contributed by atoms with Crippen molar-refractivity contribution in [2.75, 3.05) is 0 Å². The fraction of sp³-hybridized carbons (Fsp3) is 0.478. The van der Waals surface area contributed by atoms with Gasteiger partial charge in [0.1, 0.15) is 0 Å². The van der Waals surface area contributed by atoms with Crippen LogP contribution in [0.5, 0.6) is 0 Å². The van der Waals surface area contributed by atoms with Crippen molar-refractivity contribution in [2.45, 2.75) is 67.2 Å². The highest BCUT2D eigenvalue weighted by atomic mass is 14.3. The Kier molecular flexibility index (Phi) is 6.62. The second kappa shape index (κ2) is 7.81. The Morgan fingerprint density at radius 1 is 0.826 bits per heavy atom. The maximum atomic E-state index is 2.33. The molecule has 1 aromatic carbocycles. The summed E-state index contributed by atoms with van der Waals surface area (Å²) in [4.78, 5) is 0. The molecule has 0 bridgehead atoms. The molecule has 0 saturated heterocycles. The second-order valence-electron chi connectivity index (χ2n) is 7.66. The number of hydrogen-bond acceptors (Lipinski definition) is 0. The SMILES string of the molecule is CC.Cc1ccc(C(C)(C)C2=CC=C(C(C)(C)C)C=CC2)cc1. The number of allylic oxidation sites excluding steroid dienone is 6. The van der Waals surface area contributed by atoms with Crippen LogP contribution in [0.1, 0.15) is 66.0 Å². The van der Waals surface area contributed by atoms with Crippen LogP contribution in [0.15, 0.2) is 59.7 Å². The normalized spacial score (nSPS) is 15.1. The first-order chi connectivity index (χ1) is 10.7. The minimum Gasteiger partial charge on any atom is -0.0801 e. The lowest BCUT2D eigenvalue weighted by Gasteiger charge is -2.28. The first-order valence-corrected chi connectivity index (χ1v) is 8.87. The second-order valence-corrected chi connectivity index (χ2v) is 7.66. The molecule has 23 heavy (non-hydrogen) atoms. The van der Waals surface area contributed by atoms with E-state index in [0.29, 0.717) is 0 Å². The van der Waals surface area contributed by atoms with Gasteiger partial charge in [-0.25, -0.2) is 0 Å². The highest BCUT2D eigenvalue weighted by Gasteiger charge is 2.25. The summed E-state index contributed by atoms with van der Waals surface area (Å²) < 4.78 is 0. The third kappa shape index (κ3) is 4.96. The van der Waals surface area contributed by atoms with Gasteiger partial charge >= 0.3 is 0 Å². The maximum Gasteiger partial charge on any atom is 0.0111 e. The van der Waals surface area contributed by atoms with Gasteiger partial charge in [0.15, 0.2) is 0 Å². The van der Waals surface area contributed by atoms with Gasteiger partial charge in [-0.15, -0.1) is 0 Å². The lowest BCUT2D eigenvalue weighted by molar-refractivity contribution is 0.517. The Morgan fingerprint density at radius 3 is 1.91 bits per heavy atom. The van der Waals surface area contributed by atoms with Crippen molar-refractivity contribution < 1.29 is 0 Å². The summed E-state index contributed by atoms with van der Waals surface area (Å²) in [5.41, 5.74) is 5.86. The van der Waals surface area contributed by atoms with Crippen LogP contribution < -0.4 is 0 Å². The number of rotatable bonds is 2. The zero-order chi connectivity index (χ0) is 17.7. The molecule has 0 unspecified atom stereocenters. The predicted molar refractivity (Wildman–Crippen MR) is 105 cm³/mol. The number of benzene rings is 1. The summed E-state index contributed by atoms with van der Waals surface area (Å²) in [6, 6.07) is 8.94. The van der Waals surface area contributed by atoms with Gasteiger partial charge in [0.05, 0.1) is 0 Å². The van der Waals surface area contributed by atoms with Gasteiger partial charge in [-0.2, -0.15) is 0 Å². The Labute approximate surface area is 144 Å². The summed E-state index contributed by atoms with van der Waals surface area (Å²) in [7, 11) is 0. The summed E-state index contributed by atoms with van der Waals surface area (Å²) in [5.74, 6) is 0. The molecular weight excluding hydrogens is 276 g/mol. The zero-order valence-electron chi connectivity index (χ0n) is 16.3. The molecule has 0 aliphatic heterocycles. The molecule has 0 spiro atoms. The average molecular weight is 311 g/mol. The summed E-state index contributed by atoms with van der Waals surface area (Å²) in [6.45, 7) is 17.6. The molecule has 0 fully saturated rings. The first-order valence-electron chi connectivity index (χ1n) is 8.87. The van der Waals surface area contributed by atoms with Gasteiger partial charge in [-0.1, -0.05) is 108 Å². The van der Waals surface area contributed by atoms with Crippen molar-refractivity contribution in [3.05, 3.63) is 70.8 Å². The highest BCUT2D eigenvalue weighted by Crippen LogP contribution is 2.36. The fourth-order valence-electron chi connectivity index (χ4n) is 2.75. The van der Waals surface area contributed by atoms with Crippen molar-refractivity contribution in [3.63, 3.8) is 0 Å². The van der Waals surface area contributed by atoms with E-state index in [1.165, 1.54) is 22.3 Å². The van der Waals surface area contributed by atoms with Gasteiger partial charge in [-0.3, -0.25) is 0 Å². The van der Waals surface area contributed by atoms with Crippen molar-refractivity contribution in [3.8, 4) is 0 Å². The van der Waals surface area contributed by atoms with Crippen LogP contribution in [0.3, 0.4) is 0 Å².